The molecular formula is C13H18ClN5. The third-order valence-electron chi connectivity index (χ3n) is 2.87. The Morgan fingerprint density at radius 3 is 2.53 bits per heavy atom. The van der Waals surface area contributed by atoms with Crippen molar-refractivity contribution in [3.8, 4) is 0 Å². The molecule has 102 valence electrons. The molecule has 0 fully saturated rings. The molecule has 1 N–H and O–H groups in total. The van der Waals surface area contributed by atoms with Crippen LogP contribution in [0, 0.1) is 0 Å². The van der Waals surface area contributed by atoms with Gasteiger partial charge in [-0.2, -0.15) is 5.10 Å². The van der Waals surface area contributed by atoms with E-state index in [9.17, 15) is 0 Å². The Labute approximate surface area is 118 Å². The monoisotopic (exact) mass is 279 g/mol. The Morgan fingerprint density at radius 2 is 1.95 bits per heavy atom. The molecule has 19 heavy (non-hydrogen) atoms. The highest BCUT2D eigenvalue weighted by Crippen LogP contribution is 2.29. The maximum absolute atomic E-state index is 6.31. The van der Waals surface area contributed by atoms with E-state index >= 15 is 0 Å². The normalized spacial score (nSPS) is 12.9. The summed E-state index contributed by atoms with van der Waals surface area (Å²) in [5.74, 6) is 0. The van der Waals surface area contributed by atoms with Crippen LogP contribution in [-0.2, 0) is 0 Å². The molecule has 2 rings (SSSR count). The zero-order valence-electron chi connectivity index (χ0n) is 11.3. The highest BCUT2D eigenvalue weighted by Gasteiger charge is 2.23. The maximum atomic E-state index is 6.31. The summed E-state index contributed by atoms with van der Waals surface area (Å²) in [6.45, 7) is 7.04. The molecule has 1 unspecified atom stereocenters. The minimum Gasteiger partial charge on any atom is -0.305 e. The smallest absolute Gasteiger partial charge is 0.115 e. The first-order chi connectivity index (χ1) is 9.15. The summed E-state index contributed by atoms with van der Waals surface area (Å²) < 4.78 is 1.93. The Morgan fingerprint density at radius 1 is 1.26 bits per heavy atom. The van der Waals surface area contributed by atoms with Gasteiger partial charge >= 0.3 is 0 Å². The van der Waals surface area contributed by atoms with Crippen molar-refractivity contribution in [3.63, 3.8) is 0 Å². The molecule has 5 nitrogen and oxygen atoms in total. The van der Waals surface area contributed by atoms with Gasteiger partial charge in [-0.1, -0.05) is 18.5 Å². The maximum Gasteiger partial charge on any atom is 0.115 e. The van der Waals surface area contributed by atoms with Crippen LogP contribution in [0.15, 0.2) is 24.9 Å². The molecule has 0 aromatic carbocycles. The summed E-state index contributed by atoms with van der Waals surface area (Å²) in [5.41, 5.74) is 1.93. The first kappa shape index (κ1) is 14.0. The molecule has 0 saturated heterocycles. The van der Waals surface area contributed by atoms with Crippen LogP contribution in [0.3, 0.4) is 0 Å². The first-order valence-electron chi connectivity index (χ1n) is 6.36. The van der Waals surface area contributed by atoms with Gasteiger partial charge in [0.15, 0.2) is 0 Å². The predicted octanol–water partition coefficient (Wildman–Crippen LogP) is 2.61. The number of nitrogens with zero attached hydrogens (tertiary/aromatic N) is 4. The van der Waals surface area contributed by atoms with Crippen LogP contribution >= 0.6 is 11.6 Å². The van der Waals surface area contributed by atoms with Crippen molar-refractivity contribution in [1.82, 2.24) is 25.1 Å². The lowest BCUT2D eigenvalue weighted by molar-refractivity contribution is 0.475. The Bertz CT molecular complexity index is 523. The van der Waals surface area contributed by atoms with Crippen LogP contribution in [-0.4, -0.2) is 26.3 Å². The molecule has 0 aliphatic rings. The van der Waals surface area contributed by atoms with Gasteiger partial charge in [-0.15, -0.1) is 0 Å². The lowest BCUT2D eigenvalue weighted by atomic mass is 10.1. The largest absolute Gasteiger partial charge is 0.305 e. The molecule has 0 amide bonds. The SMILES string of the molecule is CCNC(c1cncnc1)c1c(Cl)cnn1C(C)C. The summed E-state index contributed by atoms with van der Waals surface area (Å²) >= 11 is 6.31. The van der Waals surface area contributed by atoms with Crippen LogP contribution in [0.1, 0.15) is 44.1 Å². The summed E-state index contributed by atoms with van der Waals surface area (Å²) in [6, 6.07) is 0.192. The summed E-state index contributed by atoms with van der Waals surface area (Å²) in [5, 5.41) is 8.42. The van der Waals surface area contributed by atoms with E-state index in [1.54, 1.807) is 18.6 Å². The van der Waals surface area contributed by atoms with E-state index in [2.05, 4.69) is 41.2 Å². The molecule has 0 radical (unpaired) electrons. The zero-order chi connectivity index (χ0) is 13.8. The second kappa shape index (κ2) is 6.12. The molecule has 2 heterocycles. The fraction of sp³-hybridized carbons (Fsp3) is 0.462. The van der Waals surface area contributed by atoms with Gasteiger partial charge in [-0.25, -0.2) is 9.97 Å². The van der Waals surface area contributed by atoms with Crippen molar-refractivity contribution in [1.29, 1.82) is 0 Å². The average Bonchev–Trinajstić information content (AvgIpc) is 2.79. The highest BCUT2D eigenvalue weighted by atomic mass is 35.5. The van der Waals surface area contributed by atoms with Crippen LogP contribution in [0.5, 0.6) is 0 Å². The van der Waals surface area contributed by atoms with Crippen molar-refractivity contribution in [2.75, 3.05) is 6.54 Å². The third kappa shape index (κ3) is 2.93. The average molecular weight is 280 g/mol. The van der Waals surface area contributed by atoms with E-state index in [1.807, 2.05) is 4.68 Å². The number of nitrogens with one attached hydrogen (secondary N) is 1. The molecular weight excluding hydrogens is 262 g/mol. The minimum absolute atomic E-state index is 0.0522. The van der Waals surface area contributed by atoms with Crippen molar-refractivity contribution < 1.29 is 0 Å². The number of hydrogen-bond donors (Lipinski definition) is 1. The van der Waals surface area contributed by atoms with Crippen LogP contribution in [0.25, 0.3) is 0 Å². The van der Waals surface area contributed by atoms with Gasteiger partial charge < -0.3 is 5.32 Å². The molecule has 2 aromatic rings. The van der Waals surface area contributed by atoms with Gasteiger partial charge in [-0.3, -0.25) is 4.68 Å². The Kier molecular flexibility index (Phi) is 4.50. The minimum atomic E-state index is -0.0522. The molecule has 0 saturated carbocycles. The topological polar surface area (TPSA) is 55.6 Å². The number of aromatic nitrogens is 4. The molecule has 2 aromatic heterocycles. The molecule has 0 bridgehead atoms. The van der Waals surface area contributed by atoms with Crippen LogP contribution in [0.2, 0.25) is 5.02 Å². The predicted molar refractivity (Wildman–Crippen MR) is 75.2 cm³/mol. The quantitative estimate of drug-likeness (QED) is 0.914. The number of rotatable bonds is 5. The van der Waals surface area contributed by atoms with Crippen molar-refractivity contribution in [2.24, 2.45) is 0 Å². The standard InChI is InChI=1S/C13H18ClN5/c1-4-17-12(10-5-15-8-16-6-10)13-11(14)7-18-19(13)9(2)3/h5-9,12,17H,4H2,1-3H3. The lowest BCUT2D eigenvalue weighted by Crippen LogP contribution is -2.26. The van der Waals surface area contributed by atoms with E-state index in [4.69, 9.17) is 11.6 Å². The van der Waals surface area contributed by atoms with Gasteiger partial charge in [0.05, 0.1) is 23.0 Å². The van der Waals surface area contributed by atoms with E-state index in [-0.39, 0.29) is 12.1 Å². The fourth-order valence-corrected chi connectivity index (χ4v) is 2.31. The van der Waals surface area contributed by atoms with Gasteiger partial charge in [0, 0.05) is 24.0 Å². The summed E-state index contributed by atoms with van der Waals surface area (Å²) in [4.78, 5) is 8.16. The van der Waals surface area contributed by atoms with E-state index in [0.717, 1.165) is 17.8 Å². The van der Waals surface area contributed by atoms with Crippen molar-refractivity contribution in [3.05, 3.63) is 41.2 Å². The van der Waals surface area contributed by atoms with E-state index < -0.39 is 0 Å². The molecule has 0 aliphatic heterocycles. The highest BCUT2D eigenvalue weighted by molar-refractivity contribution is 6.31. The Hall–Kier alpha value is -1.46. The third-order valence-corrected chi connectivity index (χ3v) is 3.16. The van der Waals surface area contributed by atoms with E-state index in [0.29, 0.717) is 5.02 Å². The molecule has 0 spiro atoms. The second-order valence-corrected chi connectivity index (χ2v) is 4.99. The van der Waals surface area contributed by atoms with Gasteiger partial charge in [0.2, 0.25) is 0 Å². The van der Waals surface area contributed by atoms with E-state index in [1.165, 1.54) is 6.33 Å². The number of hydrogen-bond acceptors (Lipinski definition) is 4. The number of halogens is 1. The van der Waals surface area contributed by atoms with Crippen LogP contribution < -0.4 is 5.32 Å². The first-order valence-corrected chi connectivity index (χ1v) is 6.74. The summed E-state index contributed by atoms with van der Waals surface area (Å²) in [6.07, 6.45) is 6.81. The molecule has 1 atom stereocenters. The van der Waals surface area contributed by atoms with Crippen LogP contribution in [0.4, 0.5) is 0 Å². The van der Waals surface area contributed by atoms with Gasteiger partial charge in [-0.05, 0) is 20.4 Å². The van der Waals surface area contributed by atoms with Crippen molar-refractivity contribution >= 4 is 11.6 Å². The lowest BCUT2D eigenvalue weighted by Gasteiger charge is -2.21. The molecule has 0 aliphatic carbocycles. The van der Waals surface area contributed by atoms with Gasteiger partial charge in [0.1, 0.15) is 6.33 Å². The van der Waals surface area contributed by atoms with Gasteiger partial charge in [0.25, 0.3) is 0 Å². The van der Waals surface area contributed by atoms with Crippen molar-refractivity contribution in [2.45, 2.75) is 32.9 Å². The fourth-order valence-electron chi connectivity index (χ4n) is 2.07. The Balaban J connectivity index is 2.48. The zero-order valence-corrected chi connectivity index (χ0v) is 12.1. The molecule has 6 heteroatoms. The second-order valence-electron chi connectivity index (χ2n) is 4.58. The summed E-state index contributed by atoms with van der Waals surface area (Å²) in [7, 11) is 0.